The molecule has 0 bridgehead atoms. The van der Waals surface area contributed by atoms with Gasteiger partial charge in [0.15, 0.2) is 0 Å². The molecular formula is C17H28N2. The Morgan fingerprint density at radius 2 is 1.68 bits per heavy atom. The monoisotopic (exact) mass is 260 g/mol. The normalized spacial score (nSPS) is 15.7. The summed E-state index contributed by atoms with van der Waals surface area (Å²) >= 11 is 0. The van der Waals surface area contributed by atoms with E-state index in [4.69, 9.17) is 0 Å². The highest BCUT2D eigenvalue weighted by atomic mass is 15.0. The summed E-state index contributed by atoms with van der Waals surface area (Å²) in [6.07, 6.45) is 3.87. The molecule has 0 heterocycles. The first-order valence-corrected chi connectivity index (χ1v) is 7.59. The van der Waals surface area contributed by atoms with Crippen LogP contribution in [0.4, 0.5) is 0 Å². The highest BCUT2D eigenvalue weighted by Crippen LogP contribution is 2.22. The van der Waals surface area contributed by atoms with E-state index < -0.39 is 0 Å². The van der Waals surface area contributed by atoms with Crippen LogP contribution in [0.5, 0.6) is 0 Å². The fraction of sp³-hybridized carbons (Fsp3) is 0.647. The predicted octanol–water partition coefficient (Wildman–Crippen LogP) is 2.87. The quantitative estimate of drug-likeness (QED) is 0.737. The molecule has 2 nitrogen and oxygen atoms in total. The zero-order valence-electron chi connectivity index (χ0n) is 12.6. The number of nitrogens with one attached hydrogen (secondary N) is 2. The minimum Gasteiger partial charge on any atom is -0.315 e. The van der Waals surface area contributed by atoms with Gasteiger partial charge in [-0.2, -0.15) is 0 Å². The second-order valence-corrected chi connectivity index (χ2v) is 6.68. The first kappa shape index (κ1) is 14.5. The van der Waals surface area contributed by atoms with Gasteiger partial charge >= 0.3 is 0 Å². The van der Waals surface area contributed by atoms with Gasteiger partial charge in [-0.05, 0) is 42.3 Å². The molecule has 1 saturated carbocycles. The molecule has 2 rings (SSSR count). The molecule has 1 fully saturated rings. The van der Waals surface area contributed by atoms with Gasteiger partial charge in [0.05, 0.1) is 0 Å². The molecule has 0 atom stereocenters. The van der Waals surface area contributed by atoms with Crippen LogP contribution in [0.15, 0.2) is 24.3 Å². The summed E-state index contributed by atoms with van der Waals surface area (Å²) in [6.45, 7) is 10.0. The Morgan fingerprint density at radius 3 is 2.26 bits per heavy atom. The summed E-state index contributed by atoms with van der Waals surface area (Å²) in [5.74, 6) is 0. The van der Waals surface area contributed by atoms with Gasteiger partial charge in [0.1, 0.15) is 0 Å². The molecule has 0 radical (unpaired) electrons. The van der Waals surface area contributed by atoms with E-state index in [2.05, 4.69) is 55.7 Å². The van der Waals surface area contributed by atoms with Gasteiger partial charge in [0.2, 0.25) is 0 Å². The number of hydrogen-bond acceptors (Lipinski definition) is 2. The fourth-order valence-corrected chi connectivity index (χ4v) is 2.18. The second-order valence-electron chi connectivity index (χ2n) is 6.68. The van der Waals surface area contributed by atoms with E-state index in [1.54, 1.807) is 0 Å². The molecule has 0 unspecified atom stereocenters. The van der Waals surface area contributed by atoms with Crippen molar-refractivity contribution >= 4 is 0 Å². The Labute approximate surface area is 118 Å². The average Bonchev–Trinajstić information content (AvgIpc) is 3.17. The molecule has 1 aliphatic carbocycles. The molecule has 0 amide bonds. The van der Waals surface area contributed by atoms with Crippen molar-refractivity contribution < 1.29 is 0 Å². The first-order chi connectivity index (χ1) is 9.05. The number of rotatable bonds is 7. The highest BCUT2D eigenvalue weighted by Gasteiger charge is 2.19. The molecular weight excluding hydrogens is 232 g/mol. The molecule has 1 aromatic carbocycles. The van der Waals surface area contributed by atoms with Crippen LogP contribution in [0.2, 0.25) is 0 Å². The summed E-state index contributed by atoms with van der Waals surface area (Å²) < 4.78 is 0. The van der Waals surface area contributed by atoms with Crippen LogP contribution < -0.4 is 10.6 Å². The second kappa shape index (κ2) is 6.53. The van der Waals surface area contributed by atoms with Crippen LogP contribution in [0.3, 0.4) is 0 Å². The van der Waals surface area contributed by atoms with Gasteiger partial charge in [0.25, 0.3) is 0 Å². The van der Waals surface area contributed by atoms with Crippen LogP contribution in [-0.2, 0) is 11.8 Å². The van der Waals surface area contributed by atoms with Crippen LogP contribution in [0.1, 0.15) is 44.7 Å². The zero-order valence-corrected chi connectivity index (χ0v) is 12.6. The molecule has 2 heteroatoms. The minimum absolute atomic E-state index is 0.255. The maximum atomic E-state index is 3.52. The lowest BCUT2D eigenvalue weighted by Gasteiger charge is -2.19. The Balaban J connectivity index is 1.62. The lowest BCUT2D eigenvalue weighted by atomic mass is 9.86. The van der Waals surface area contributed by atoms with E-state index in [-0.39, 0.29) is 5.41 Å². The third-order valence-corrected chi connectivity index (χ3v) is 3.72. The minimum atomic E-state index is 0.255. The molecule has 19 heavy (non-hydrogen) atoms. The van der Waals surface area contributed by atoms with Crippen molar-refractivity contribution in [1.82, 2.24) is 10.6 Å². The van der Waals surface area contributed by atoms with Gasteiger partial charge in [-0.3, -0.25) is 0 Å². The summed E-state index contributed by atoms with van der Waals surface area (Å²) in [4.78, 5) is 0. The molecule has 1 aromatic rings. The van der Waals surface area contributed by atoms with Crippen molar-refractivity contribution in [2.75, 3.05) is 19.6 Å². The lowest BCUT2D eigenvalue weighted by Crippen LogP contribution is -2.29. The van der Waals surface area contributed by atoms with Gasteiger partial charge in [-0.15, -0.1) is 0 Å². The smallest absolute Gasteiger partial charge is 0.00793 e. The van der Waals surface area contributed by atoms with E-state index in [0.29, 0.717) is 0 Å². The van der Waals surface area contributed by atoms with Gasteiger partial charge < -0.3 is 10.6 Å². The SMILES string of the molecule is CC(C)(C)c1ccc(CCNCCNC2CC2)cc1. The van der Waals surface area contributed by atoms with Crippen molar-refractivity contribution in [3.05, 3.63) is 35.4 Å². The van der Waals surface area contributed by atoms with E-state index >= 15 is 0 Å². The summed E-state index contributed by atoms with van der Waals surface area (Å²) in [6, 6.07) is 9.90. The van der Waals surface area contributed by atoms with E-state index in [1.165, 1.54) is 24.0 Å². The maximum Gasteiger partial charge on any atom is 0.00793 e. The van der Waals surface area contributed by atoms with Crippen molar-refractivity contribution in [2.45, 2.75) is 51.5 Å². The molecule has 0 aliphatic heterocycles. The Morgan fingerprint density at radius 1 is 1.00 bits per heavy atom. The third-order valence-electron chi connectivity index (χ3n) is 3.72. The molecule has 106 valence electrons. The van der Waals surface area contributed by atoms with Crippen LogP contribution in [-0.4, -0.2) is 25.7 Å². The Hall–Kier alpha value is -0.860. The van der Waals surface area contributed by atoms with E-state index in [0.717, 1.165) is 32.1 Å². The highest BCUT2D eigenvalue weighted by molar-refractivity contribution is 5.27. The van der Waals surface area contributed by atoms with Crippen LogP contribution >= 0.6 is 0 Å². The molecule has 0 saturated heterocycles. The van der Waals surface area contributed by atoms with E-state index in [1.807, 2.05) is 0 Å². The summed E-state index contributed by atoms with van der Waals surface area (Å²) in [5.41, 5.74) is 3.10. The van der Waals surface area contributed by atoms with Crippen LogP contribution in [0, 0.1) is 0 Å². The zero-order chi connectivity index (χ0) is 13.7. The van der Waals surface area contributed by atoms with Crippen molar-refractivity contribution in [3.63, 3.8) is 0 Å². The third kappa shape index (κ3) is 5.33. The standard InChI is InChI=1S/C17H28N2/c1-17(2,3)15-6-4-14(5-7-15)10-11-18-12-13-19-16-8-9-16/h4-7,16,18-19H,8-13H2,1-3H3. The van der Waals surface area contributed by atoms with Gasteiger partial charge in [-0.25, -0.2) is 0 Å². The Kier molecular flexibility index (Phi) is 5.00. The topological polar surface area (TPSA) is 24.1 Å². The fourth-order valence-electron chi connectivity index (χ4n) is 2.18. The van der Waals surface area contributed by atoms with E-state index in [9.17, 15) is 0 Å². The van der Waals surface area contributed by atoms with Crippen molar-refractivity contribution in [2.24, 2.45) is 0 Å². The first-order valence-electron chi connectivity index (χ1n) is 7.59. The predicted molar refractivity (Wildman–Crippen MR) is 82.7 cm³/mol. The van der Waals surface area contributed by atoms with Crippen molar-refractivity contribution in [3.8, 4) is 0 Å². The largest absolute Gasteiger partial charge is 0.315 e. The van der Waals surface area contributed by atoms with Gasteiger partial charge in [0, 0.05) is 19.1 Å². The molecule has 2 N–H and O–H groups in total. The lowest BCUT2D eigenvalue weighted by molar-refractivity contribution is 0.589. The molecule has 0 aromatic heterocycles. The Bertz CT molecular complexity index is 371. The molecule has 1 aliphatic rings. The summed E-state index contributed by atoms with van der Waals surface area (Å²) in [5, 5.41) is 7.02. The molecule has 0 spiro atoms. The van der Waals surface area contributed by atoms with Crippen molar-refractivity contribution in [1.29, 1.82) is 0 Å². The average molecular weight is 260 g/mol. The number of benzene rings is 1. The van der Waals surface area contributed by atoms with Crippen LogP contribution in [0.25, 0.3) is 0 Å². The maximum absolute atomic E-state index is 3.52. The summed E-state index contributed by atoms with van der Waals surface area (Å²) in [7, 11) is 0. The number of hydrogen-bond donors (Lipinski definition) is 2. The van der Waals surface area contributed by atoms with Gasteiger partial charge in [-0.1, -0.05) is 45.0 Å².